The minimum absolute atomic E-state index is 0.0180. The first-order valence-corrected chi connectivity index (χ1v) is 14.9. The van der Waals surface area contributed by atoms with Gasteiger partial charge in [-0.25, -0.2) is 8.42 Å². The van der Waals surface area contributed by atoms with E-state index in [0.717, 1.165) is 4.31 Å². The Kier molecular flexibility index (Phi) is 10.7. The van der Waals surface area contributed by atoms with Crippen molar-refractivity contribution in [2.24, 2.45) is 0 Å². The highest BCUT2D eigenvalue weighted by atomic mass is 35.5. The smallest absolute Gasteiger partial charge is 0.264 e. The summed E-state index contributed by atoms with van der Waals surface area (Å²) in [5.41, 5.74) is 1.51. The molecule has 11 heteroatoms. The van der Waals surface area contributed by atoms with Gasteiger partial charge in [-0.3, -0.25) is 13.9 Å². The zero-order valence-electron chi connectivity index (χ0n) is 21.8. The van der Waals surface area contributed by atoms with Crippen LogP contribution in [0.1, 0.15) is 31.4 Å². The molecular weight excluding hydrogens is 581 g/mol. The number of carbonyl (C=O) groups excluding carboxylic acids is 2. The van der Waals surface area contributed by atoms with Gasteiger partial charge in [0, 0.05) is 18.1 Å². The molecule has 7 nitrogen and oxygen atoms in total. The number of hydrogen-bond acceptors (Lipinski definition) is 4. The summed E-state index contributed by atoms with van der Waals surface area (Å²) in [4.78, 5) is 28.4. The average molecular weight is 611 g/mol. The first kappa shape index (κ1) is 30.8. The minimum Gasteiger partial charge on any atom is -0.355 e. The first-order chi connectivity index (χ1) is 18.5. The van der Waals surface area contributed by atoms with E-state index in [-0.39, 0.29) is 17.3 Å². The molecule has 3 rings (SSSR count). The maximum absolute atomic E-state index is 14.0. The summed E-state index contributed by atoms with van der Waals surface area (Å²) in [6.07, 6.45) is 0.310. The Morgan fingerprint density at radius 2 is 1.62 bits per heavy atom. The van der Waals surface area contributed by atoms with Crippen LogP contribution in [0.5, 0.6) is 0 Å². The summed E-state index contributed by atoms with van der Waals surface area (Å²) >= 11 is 18.4. The van der Waals surface area contributed by atoms with Crippen molar-refractivity contribution in [1.29, 1.82) is 0 Å². The van der Waals surface area contributed by atoms with Crippen LogP contribution in [0.4, 0.5) is 5.69 Å². The van der Waals surface area contributed by atoms with Crippen molar-refractivity contribution < 1.29 is 18.0 Å². The van der Waals surface area contributed by atoms with Crippen molar-refractivity contribution in [3.05, 3.63) is 92.9 Å². The fourth-order valence-electron chi connectivity index (χ4n) is 4.18. The number of aryl methyl sites for hydroxylation is 1. The van der Waals surface area contributed by atoms with Crippen LogP contribution in [-0.2, 0) is 26.2 Å². The summed E-state index contributed by atoms with van der Waals surface area (Å²) in [6, 6.07) is 16.7. The number of anilines is 1. The van der Waals surface area contributed by atoms with E-state index >= 15 is 0 Å². The monoisotopic (exact) mass is 609 g/mol. The molecule has 0 radical (unpaired) electrons. The van der Waals surface area contributed by atoms with Gasteiger partial charge in [0.05, 0.1) is 20.6 Å². The van der Waals surface area contributed by atoms with Crippen molar-refractivity contribution in [2.75, 3.05) is 17.4 Å². The van der Waals surface area contributed by atoms with Gasteiger partial charge in [0.25, 0.3) is 10.0 Å². The molecular formula is C28H30Cl3N3O4S. The molecule has 0 saturated carbocycles. The molecule has 39 heavy (non-hydrogen) atoms. The fraction of sp³-hybridized carbons (Fsp3) is 0.286. The fourth-order valence-corrected chi connectivity index (χ4v) is 6.23. The molecule has 0 heterocycles. The summed E-state index contributed by atoms with van der Waals surface area (Å²) in [7, 11) is -4.16. The molecule has 0 aliphatic carbocycles. The number of nitrogens with zero attached hydrogens (tertiary/aromatic N) is 2. The normalized spacial score (nSPS) is 12.1. The lowest BCUT2D eigenvalue weighted by Crippen LogP contribution is -2.52. The van der Waals surface area contributed by atoms with Crippen LogP contribution in [-0.4, -0.2) is 44.3 Å². The third-order valence-electron chi connectivity index (χ3n) is 6.11. The van der Waals surface area contributed by atoms with Crippen molar-refractivity contribution in [3.63, 3.8) is 0 Å². The second-order valence-corrected chi connectivity index (χ2v) is 12.0. The molecule has 0 bridgehead atoms. The molecule has 1 N–H and O–H groups in total. The molecule has 0 unspecified atom stereocenters. The second-order valence-electron chi connectivity index (χ2n) is 8.84. The van der Waals surface area contributed by atoms with Gasteiger partial charge in [-0.05, 0) is 73.9 Å². The van der Waals surface area contributed by atoms with E-state index in [1.165, 1.54) is 17.0 Å². The van der Waals surface area contributed by atoms with E-state index in [1.807, 2.05) is 0 Å². The molecule has 208 valence electrons. The third-order valence-corrected chi connectivity index (χ3v) is 8.86. The molecule has 3 aromatic carbocycles. The van der Waals surface area contributed by atoms with E-state index in [4.69, 9.17) is 34.8 Å². The van der Waals surface area contributed by atoms with Crippen LogP contribution in [0, 0.1) is 6.92 Å². The largest absolute Gasteiger partial charge is 0.355 e. The van der Waals surface area contributed by atoms with Gasteiger partial charge in [0.15, 0.2) is 0 Å². The van der Waals surface area contributed by atoms with Crippen LogP contribution < -0.4 is 9.62 Å². The maximum atomic E-state index is 14.0. The van der Waals surface area contributed by atoms with Gasteiger partial charge < -0.3 is 10.2 Å². The zero-order chi connectivity index (χ0) is 28.7. The molecule has 0 aromatic heterocycles. The number of likely N-dealkylation sites (N-methyl/N-ethyl adjacent to an activating group) is 1. The van der Waals surface area contributed by atoms with Crippen LogP contribution in [0.2, 0.25) is 15.1 Å². The number of carbonyl (C=O) groups is 2. The van der Waals surface area contributed by atoms with E-state index in [0.29, 0.717) is 44.8 Å². The number of amides is 2. The Balaban J connectivity index is 2.09. The Bertz CT molecular complexity index is 1440. The van der Waals surface area contributed by atoms with Gasteiger partial charge in [-0.15, -0.1) is 0 Å². The predicted molar refractivity (Wildman–Crippen MR) is 157 cm³/mol. The lowest BCUT2D eigenvalue weighted by Gasteiger charge is -2.33. The Morgan fingerprint density at radius 1 is 0.923 bits per heavy atom. The topological polar surface area (TPSA) is 86.8 Å². The van der Waals surface area contributed by atoms with Gasteiger partial charge >= 0.3 is 0 Å². The lowest BCUT2D eigenvalue weighted by molar-refractivity contribution is -0.140. The van der Waals surface area contributed by atoms with Gasteiger partial charge in [0.2, 0.25) is 11.8 Å². The minimum atomic E-state index is -4.16. The highest BCUT2D eigenvalue weighted by molar-refractivity contribution is 7.92. The number of rotatable bonds is 11. The Morgan fingerprint density at radius 3 is 2.21 bits per heavy atom. The van der Waals surface area contributed by atoms with Crippen molar-refractivity contribution in [2.45, 2.75) is 44.7 Å². The summed E-state index contributed by atoms with van der Waals surface area (Å²) in [5, 5.41) is 3.86. The van der Waals surface area contributed by atoms with Crippen LogP contribution in [0.3, 0.4) is 0 Å². The first-order valence-electron chi connectivity index (χ1n) is 12.3. The molecule has 1 atom stereocenters. The van der Waals surface area contributed by atoms with Crippen LogP contribution in [0.15, 0.2) is 71.6 Å². The van der Waals surface area contributed by atoms with Crippen LogP contribution in [0.25, 0.3) is 0 Å². The summed E-state index contributed by atoms with van der Waals surface area (Å²) in [6.45, 7) is 5.14. The summed E-state index contributed by atoms with van der Waals surface area (Å²) in [5.74, 6) is -0.901. The van der Waals surface area contributed by atoms with Crippen molar-refractivity contribution in [3.8, 4) is 0 Å². The van der Waals surface area contributed by atoms with Crippen molar-refractivity contribution in [1.82, 2.24) is 10.2 Å². The SMILES string of the molecule is CCNC(=O)[C@@H](CC)N(Cc1ccc(Cl)c(Cl)c1)C(=O)CN(c1ccc(Cl)cc1C)S(=O)(=O)c1ccccc1. The number of hydrogen-bond donors (Lipinski definition) is 1. The van der Waals surface area contributed by atoms with Gasteiger partial charge in [-0.1, -0.05) is 66.0 Å². The number of halogens is 3. The van der Waals surface area contributed by atoms with E-state index in [2.05, 4.69) is 5.32 Å². The molecule has 0 fully saturated rings. The Labute approximate surface area is 244 Å². The molecule has 2 amide bonds. The second kappa shape index (κ2) is 13.5. The third kappa shape index (κ3) is 7.45. The van der Waals surface area contributed by atoms with Crippen molar-refractivity contribution >= 4 is 62.3 Å². The lowest BCUT2D eigenvalue weighted by atomic mass is 10.1. The molecule has 0 aliphatic heterocycles. The molecule has 0 aliphatic rings. The standard InChI is InChI=1S/C28H30Cl3N3O4S/c1-4-25(28(36)32-5-2)33(17-20-11-13-23(30)24(31)16-20)27(35)18-34(26-14-12-21(29)15-19(26)3)39(37,38)22-9-7-6-8-10-22/h6-16,25H,4-5,17-18H2,1-3H3,(H,32,36)/t25-/m1/s1. The van der Waals surface area contributed by atoms with E-state index in [1.54, 1.807) is 75.4 Å². The number of nitrogens with one attached hydrogen (secondary N) is 1. The highest BCUT2D eigenvalue weighted by Crippen LogP contribution is 2.30. The number of benzene rings is 3. The average Bonchev–Trinajstić information content (AvgIpc) is 2.90. The van der Waals surface area contributed by atoms with Crippen LogP contribution >= 0.6 is 34.8 Å². The molecule has 0 spiro atoms. The predicted octanol–water partition coefficient (Wildman–Crippen LogP) is 6.09. The Hall–Kier alpha value is -2.78. The highest BCUT2D eigenvalue weighted by Gasteiger charge is 2.34. The quantitative estimate of drug-likeness (QED) is 0.285. The molecule has 3 aromatic rings. The van der Waals surface area contributed by atoms with E-state index < -0.39 is 28.5 Å². The van der Waals surface area contributed by atoms with Gasteiger partial charge in [-0.2, -0.15) is 0 Å². The zero-order valence-corrected chi connectivity index (χ0v) is 24.9. The maximum Gasteiger partial charge on any atom is 0.264 e. The summed E-state index contributed by atoms with van der Waals surface area (Å²) < 4.78 is 28.8. The molecule has 0 saturated heterocycles. The van der Waals surface area contributed by atoms with Gasteiger partial charge in [0.1, 0.15) is 12.6 Å². The van der Waals surface area contributed by atoms with E-state index in [9.17, 15) is 18.0 Å². The number of sulfonamides is 1.